The fourth-order valence-electron chi connectivity index (χ4n) is 4.32. The van der Waals surface area contributed by atoms with E-state index in [1.807, 2.05) is 25.3 Å². The van der Waals surface area contributed by atoms with Gasteiger partial charge in [0.2, 0.25) is 0 Å². The summed E-state index contributed by atoms with van der Waals surface area (Å²) in [5, 5.41) is 23.0. The minimum absolute atomic E-state index is 0.218. The molecule has 1 saturated heterocycles. The van der Waals surface area contributed by atoms with Crippen molar-refractivity contribution < 1.29 is 18.9 Å². The Morgan fingerprint density at radius 1 is 1.11 bits per heavy atom. The third-order valence-electron chi connectivity index (χ3n) is 6.19. The summed E-state index contributed by atoms with van der Waals surface area (Å²) in [6, 6.07) is 8.31. The highest BCUT2D eigenvalue weighted by molar-refractivity contribution is 7.93. The number of hydrogen-bond donors (Lipinski definition) is 2. The van der Waals surface area contributed by atoms with Crippen LogP contribution in [-0.2, 0) is 9.73 Å². The van der Waals surface area contributed by atoms with Crippen molar-refractivity contribution in [1.82, 2.24) is 10.2 Å². The van der Waals surface area contributed by atoms with Crippen LogP contribution in [0, 0.1) is 13.8 Å². The Kier molecular flexibility index (Phi) is 7.70. The molecule has 9 nitrogen and oxygen atoms in total. The number of nitrogens with zero attached hydrogens (tertiary/aromatic N) is 4. The molecule has 190 valence electrons. The molecule has 2 N–H and O–H groups in total. The molecule has 11 heteroatoms. The minimum Gasteiger partial charge on any atom is -0.463 e. The van der Waals surface area contributed by atoms with Crippen molar-refractivity contribution in [3.63, 3.8) is 0 Å². The molecule has 1 unspecified atom stereocenters. The normalized spacial score (nSPS) is 15.6. The zero-order valence-corrected chi connectivity index (χ0v) is 22.1. The van der Waals surface area contributed by atoms with Gasteiger partial charge in [0.15, 0.2) is 5.82 Å². The number of thiophene rings is 1. The van der Waals surface area contributed by atoms with Gasteiger partial charge in [-0.1, -0.05) is 18.9 Å². The predicted octanol–water partition coefficient (Wildman–Crippen LogP) is 5.59. The second kappa shape index (κ2) is 10.8. The van der Waals surface area contributed by atoms with Gasteiger partial charge in [-0.15, -0.1) is 25.9 Å². The van der Waals surface area contributed by atoms with Crippen LogP contribution in [0.25, 0.3) is 10.6 Å². The summed E-state index contributed by atoms with van der Waals surface area (Å²) in [5.74, 6) is 0.202. The standard InChI is InChI=1S/C25H29N5O4S2/c1-16-11-14-35-22(16)21-17(2)20(23(28-27-21)30-12-6-4-5-7-13-30)24(31)26-18-9-8-10-19(15-18)36(3,34)29-25(32)33/h8-11,14-15H,4-7,12-13H2,1-3H3,(H,26,31)(H,32,33). The lowest BCUT2D eigenvalue weighted by atomic mass is 10.0. The van der Waals surface area contributed by atoms with Crippen molar-refractivity contribution in [2.75, 3.05) is 29.6 Å². The number of hydrogen-bond acceptors (Lipinski definition) is 7. The molecule has 1 aliphatic heterocycles. The van der Waals surface area contributed by atoms with Crippen LogP contribution in [0.2, 0.25) is 0 Å². The Hall–Kier alpha value is -3.31. The Morgan fingerprint density at radius 2 is 1.83 bits per heavy atom. The number of carbonyl (C=O) groups is 2. The topological polar surface area (TPSA) is 125 Å². The zero-order valence-electron chi connectivity index (χ0n) is 20.5. The number of anilines is 2. The van der Waals surface area contributed by atoms with Gasteiger partial charge in [0.25, 0.3) is 5.91 Å². The van der Waals surface area contributed by atoms with Crippen molar-refractivity contribution in [3.05, 3.63) is 52.4 Å². The van der Waals surface area contributed by atoms with Crippen molar-refractivity contribution in [1.29, 1.82) is 0 Å². The molecule has 1 atom stereocenters. The SMILES string of the molecule is Cc1ccsc1-c1nnc(N2CCCCCC2)c(C(=O)Nc2cccc(S(C)(=O)=NC(=O)O)c2)c1C. The van der Waals surface area contributed by atoms with E-state index >= 15 is 0 Å². The van der Waals surface area contributed by atoms with E-state index in [2.05, 4.69) is 24.8 Å². The maximum atomic E-state index is 13.7. The van der Waals surface area contributed by atoms with Gasteiger partial charge in [-0.25, -0.2) is 9.00 Å². The van der Waals surface area contributed by atoms with Crippen molar-refractivity contribution in [2.24, 2.45) is 4.36 Å². The molecule has 2 aromatic heterocycles. The van der Waals surface area contributed by atoms with E-state index in [-0.39, 0.29) is 10.8 Å². The minimum atomic E-state index is -3.17. The molecule has 1 aromatic carbocycles. The number of aromatic nitrogens is 2. The van der Waals surface area contributed by atoms with Gasteiger partial charge in [-0.3, -0.25) is 4.79 Å². The van der Waals surface area contributed by atoms with Gasteiger partial charge in [-0.2, -0.15) is 0 Å². The Bertz CT molecular complexity index is 1420. The van der Waals surface area contributed by atoms with Crippen LogP contribution in [0.15, 0.2) is 45.0 Å². The molecule has 4 rings (SSSR count). The first-order chi connectivity index (χ1) is 17.2. The maximum absolute atomic E-state index is 13.7. The van der Waals surface area contributed by atoms with Gasteiger partial charge in [0.05, 0.1) is 20.2 Å². The van der Waals surface area contributed by atoms with E-state index in [4.69, 9.17) is 5.11 Å². The van der Waals surface area contributed by atoms with Gasteiger partial charge in [-0.05, 0) is 67.5 Å². The van der Waals surface area contributed by atoms with Crippen LogP contribution in [0.3, 0.4) is 0 Å². The largest absolute Gasteiger partial charge is 0.463 e. The number of carboxylic acid groups (broad SMARTS) is 1. The van der Waals surface area contributed by atoms with E-state index in [1.54, 1.807) is 23.5 Å². The summed E-state index contributed by atoms with van der Waals surface area (Å²) >= 11 is 1.56. The second-order valence-corrected chi connectivity index (χ2v) is 12.0. The molecular formula is C25H29N5O4S2. The number of aryl methyl sites for hydroxylation is 1. The van der Waals surface area contributed by atoms with Crippen LogP contribution in [0.4, 0.5) is 16.3 Å². The predicted molar refractivity (Wildman–Crippen MR) is 143 cm³/mol. The fraction of sp³-hybridized carbons (Fsp3) is 0.360. The zero-order chi connectivity index (χ0) is 25.9. The summed E-state index contributed by atoms with van der Waals surface area (Å²) in [5.41, 5.74) is 3.33. The van der Waals surface area contributed by atoms with Crippen LogP contribution in [-0.4, -0.2) is 50.9 Å². The van der Waals surface area contributed by atoms with E-state index < -0.39 is 15.8 Å². The molecule has 0 aliphatic carbocycles. The van der Waals surface area contributed by atoms with Crippen LogP contribution >= 0.6 is 11.3 Å². The summed E-state index contributed by atoms with van der Waals surface area (Å²) in [6.45, 7) is 5.50. The molecule has 3 heterocycles. The summed E-state index contributed by atoms with van der Waals surface area (Å²) in [4.78, 5) is 28.1. The molecule has 2 amide bonds. The van der Waals surface area contributed by atoms with Crippen molar-refractivity contribution in [2.45, 2.75) is 44.4 Å². The molecule has 0 saturated carbocycles. The van der Waals surface area contributed by atoms with Gasteiger partial charge >= 0.3 is 6.09 Å². The van der Waals surface area contributed by atoms with Crippen LogP contribution in [0.1, 0.15) is 47.2 Å². The first-order valence-corrected chi connectivity index (χ1v) is 14.5. The second-order valence-electron chi connectivity index (χ2n) is 8.86. The monoisotopic (exact) mass is 527 g/mol. The fourth-order valence-corrected chi connectivity index (χ4v) is 6.37. The van der Waals surface area contributed by atoms with Gasteiger partial charge < -0.3 is 15.3 Å². The highest BCUT2D eigenvalue weighted by Crippen LogP contribution is 2.34. The van der Waals surface area contributed by atoms with Gasteiger partial charge in [0.1, 0.15) is 5.69 Å². The average Bonchev–Trinajstić information content (AvgIpc) is 3.06. The summed E-state index contributed by atoms with van der Waals surface area (Å²) in [6.07, 6.45) is 4.07. The number of benzene rings is 1. The third-order valence-corrected chi connectivity index (χ3v) is 8.85. The first-order valence-electron chi connectivity index (χ1n) is 11.7. The molecule has 0 bridgehead atoms. The van der Waals surface area contributed by atoms with Crippen LogP contribution < -0.4 is 10.2 Å². The van der Waals surface area contributed by atoms with E-state index in [1.165, 1.54) is 18.4 Å². The molecule has 36 heavy (non-hydrogen) atoms. The Labute approximate surface area is 214 Å². The third kappa shape index (κ3) is 5.57. The highest BCUT2D eigenvalue weighted by Gasteiger charge is 2.26. The molecular weight excluding hydrogens is 498 g/mol. The summed E-state index contributed by atoms with van der Waals surface area (Å²) < 4.78 is 16.1. The number of nitrogens with one attached hydrogen (secondary N) is 1. The van der Waals surface area contributed by atoms with E-state index in [0.29, 0.717) is 22.8 Å². The summed E-state index contributed by atoms with van der Waals surface area (Å²) in [7, 11) is -3.17. The highest BCUT2D eigenvalue weighted by atomic mass is 32.2. The molecule has 0 spiro atoms. The van der Waals surface area contributed by atoms with E-state index in [9.17, 15) is 13.8 Å². The smallest absolute Gasteiger partial charge is 0.439 e. The first kappa shape index (κ1) is 25.8. The lowest BCUT2D eigenvalue weighted by Crippen LogP contribution is -2.29. The van der Waals surface area contributed by atoms with Crippen molar-refractivity contribution in [3.8, 4) is 10.6 Å². The van der Waals surface area contributed by atoms with E-state index in [0.717, 1.165) is 54.8 Å². The number of carbonyl (C=O) groups excluding carboxylic acids is 1. The van der Waals surface area contributed by atoms with Crippen LogP contribution in [0.5, 0.6) is 0 Å². The maximum Gasteiger partial charge on any atom is 0.439 e. The lowest BCUT2D eigenvalue weighted by molar-refractivity contribution is 0.102. The Morgan fingerprint density at radius 3 is 2.47 bits per heavy atom. The Balaban J connectivity index is 1.77. The van der Waals surface area contributed by atoms with Gasteiger partial charge in [0, 0.05) is 29.9 Å². The lowest BCUT2D eigenvalue weighted by Gasteiger charge is -2.25. The molecule has 3 aromatic rings. The number of rotatable bonds is 5. The molecule has 1 aliphatic rings. The molecule has 1 fully saturated rings. The molecule has 0 radical (unpaired) electrons. The average molecular weight is 528 g/mol. The number of amides is 2. The van der Waals surface area contributed by atoms with Crippen molar-refractivity contribution >= 4 is 44.6 Å². The quantitative estimate of drug-likeness (QED) is 0.443.